The first-order chi connectivity index (χ1) is 16.7. The maximum Gasteiger partial charge on any atom is 0.266 e. The van der Waals surface area contributed by atoms with E-state index in [0.717, 1.165) is 40.7 Å². The molecule has 7 heteroatoms. The third-order valence-electron chi connectivity index (χ3n) is 8.10. The molecule has 1 N–H and O–H groups in total. The van der Waals surface area contributed by atoms with E-state index in [4.69, 9.17) is 0 Å². The molecule has 180 valence electrons. The van der Waals surface area contributed by atoms with Crippen LogP contribution in [0.1, 0.15) is 49.7 Å². The SMILES string of the molecule is C=C1C[C@@H]2[C@@H](C)[C@@](C)(CCN2C(=O)c2ccc3nc[nH]c3c2)/C1=C/C(=C\C)c1ccc(=O)n(C)n1. The maximum absolute atomic E-state index is 13.6. The number of piperidine rings is 1. The number of fused-ring (bicyclic) bond motifs is 3. The highest BCUT2D eigenvalue weighted by molar-refractivity contribution is 5.97. The molecule has 7 nitrogen and oxygen atoms in total. The standard InChI is InChI=1S/C28H31N5O2/c1-6-19(22-9-10-26(34)32(5)31-22)14-21-17(2)13-25-18(3)28(21,4)11-12-33(25)27(35)20-7-8-23-24(15-20)30-16-29-23/h6-10,14-16,18,25H,2,11-13H2,1,3-5H3,(H,29,30)/b19-6+,21-14+/t18-,25-,28-/m1/s1. The van der Waals surface area contributed by atoms with Gasteiger partial charge in [0.25, 0.3) is 11.5 Å². The normalized spacial score (nSPS) is 25.9. The first kappa shape index (κ1) is 23.0. The average molecular weight is 470 g/mol. The van der Waals surface area contributed by atoms with E-state index in [0.29, 0.717) is 12.1 Å². The molecule has 2 aromatic heterocycles. The molecule has 1 aromatic carbocycles. The van der Waals surface area contributed by atoms with Crippen LogP contribution in [0.25, 0.3) is 16.6 Å². The van der Waals surface area contributed by atoms with Gasteiger partial charge in [-0.15, -0.1) is 0 Å². The Bertz CT molecular complexity index is 1460. The summed E-state index contributed by atoms with van der Waals surface area (Å²) in [5.74, 6) is 0.322. The molecule has 1 amide bonds. The van der Waals surface area contributed by atoms with Gasteiger partial charge in [-0.05, 0) is 78.2 Å². The lowest BCUT2D eigenvalue weighted by Crippen LogP contribution is -2.57. The molecule has 2 aliphatic rings. The van der Waals surface area contributed by atoms with Gasteiger partial charge in [0.1, 0.15) is 0 Å². The molecule has 0 radical (unpaired) electrons. The molecular weight excluding hydrogens is 438 g/mol. The Kier molecular flexibility index (Phi) is 5.58. The monoisotopic (exact) mass is 469 g/mol. The van der Waals surface area contributed by atoms with Gasteiger partial charge in [0.15, 0.2) is 0 Å². The summed E-state index contributed by atoms with van der Waals surface area (Å²) in [5, 5.41) is 4.44. The van der Waals surface area contributed by atoms with Crippen molar-refractivity contribution in [1.82, 2.24) is 24.6 Å². The summed E-state index contributed by atoms with van der Waals surface area (Å²) in [6.07, 6.45) is 7.45. The number of hydrogen-bond donors (Lipinski definition) is 1. The lowest BCUT2D eigenvalue weighted by Gasteiger charge is -2.55. The van der Waals surface area contributed by atoms with Gasteiger partial charge in [0, 0.05) is 31.3 Å². The lowest BCUT2D eigenvalue weighted by molar-refractivity contribution is 0.0107. The molecule has 0 unspecified atom stereocenters. The molecular formula is C28H31N5O2. The third-order valence-corrected chi connectivity index (χ3v) is 8.10. The van der Waals surface area contributed by atoms with Crippen molar-refractivity contribution >= 4 is 22.5 Å². The summed E-state index contributed by atoms with van der Waals surface area (Å²) >= 11 is 0. The van der Waals surface area contributed by atoms with Crippen LogP contribution in [-0.2, 0) is 7.05 Å². The Morgan fingerprint density at radius 1 is 1.29 bits per heavy atom. The first-order valence-corrected chi connectivity index (χ1v) is 12.1. The van der Waals surface area contributed by atoms with Crippen molar-refractivity contribution in [2.24, 2.45) is 18.4 Å². The first-order valence-electron chi connectivity index (χ1n) is 12.1. The van der Waals surface area contributed by atoms with Crippen LogP contribution in [0.2, 0.25) is 0 Å². The number of carbonyl (C=O) groups excluding carboxylic acids is 1. The Labute approximate surface area is 204 Å². The molecule has 35 heavy (non-hydrogen) atoms. The van der Waals surface area contributed by atoms with Crippen molar-refractivity contribution in [3.05, 3.63) is 88.1 Å². The number of hydrogen-bond acceptors (Lipinski definition) is 4. The van der Waals surface area contributed by atoms with Crippen LogP contribution in [0.5, 0.6) is 0 Å². The van der Waals surface area contributed by atoms with Gasteiger partial charge in [-0.1, -0.05) is 26.5 Å². The number of likely N-dealkylation sites (tertiary alicyclic amines) is 1. The number of nitrogens with one attached hydrogen (secondary N) is 1. The minimum Gasteiger partial charge on any atom is -0.345 e. The van der Waals surface area contributed by atoms with Gasteiger partial charge < -0.3 is 9.88 Å². The summed E-state index contributed by atoms with van der Waals surface area (Å²) in [6, 6.07) is 9.06. The van der Waals surface area contributed by atoms with E-state index in [1.54, 1.807) is 25.5 Å². The summed E-state index contributed by atoms with van der Waals surface area (Å²) in [5.41, 5.74) is 6.17. The molecule has 5 rings (SSSR count). The highest BCUT2D eigenvalue weighted by Crippen LogP contribution is 2.54. The third kappa shape index (κ3) is 3.75. The summed E-state index contributed by atoms with van der Waals surface area (Å²) in [7, 11) is 1.66. The number of aromatic amines is 1. The van der Waals surface area contributed by atoms with Crippen molar-refractivity contribution < 1.29 is 4.79 Å². The van der Waals surface area contributed by atoms with Crippen LogP contribution in [0.15, 0.2) is 71.3 Å². The fourth-order valence-corrected chi connectivity index (χ4v) is 5.74. The molecule has 2 fully saturated rings. The molecule has 1 aliphatic carbocycles. The van der Waals surface area contributed by atoms with E-state index in [-0.39, 0.29) is 28.8 Å². The Hall–Kier alpha value is -3.74. The zero-order valence-corrected chi connectivity index (χ0v) is 20.7. The van der Waals surface area contributed by atoms with Crippen LogP contribution in [-0.4, -0.2) is 43.1 Å². The minimum absolute atomic E-state index is 0.0594. The topological polar surface area (TPSA) is 83.9 Å². The molecule has 3 atom stereocenters. The second kappa shape index (κ2) is 8.48. The quantitative estimate of drug-likeness (QED) is 0.612. The van der Waals surface area contributed by atoms with Crippen molar-refractivity contribution in [2.75, 3.05) is 6.54 Å². The molecule has 3 aromatic rings. The number of H-pyrrole nitrogens is 1. The van der Waals surface area contributed by atoms with E-state index in [2.05, 4.69) is 41.6 Å². The van der Waals surface area contributed by atoms with Crippen LogP contribution < -0.4 is 5.56 Å². The van der Waals surface area contributed by atoms with E-state index >= 15 is 0 Å². The van der Waals surface area contributed by atoms with Gasteiger partial charge in [-0.25, -0.2) is 9.67 Å². The van der Waals surface area contributed by atoms with Crippen LogP contribution in [0.3, 0.4) is 0 Å². The summed E-state index contributed by atoms with van der Waals surface area (Å²) in [6.45, 7) is 11.7. The van der Waals surface area contributed by atoms with Crippen molar-refractivity contribution in [3.63, 3.8) is 0 Å². The number of allylic oxidation sites excluding steroid dienone is 4. The number of carbonyl (C=O) groups is 1. The fraction of sp³-hybridized carbons (Fsp3) is 0.357. The van der Waals surface area contributed by atoms with Gasteiger partial charge in [-0.2, -0.15) is 5.10 Å². The predicted molar refractivity (Wildman–Crippen MR) is 138 cm³/mol. The smallest absolute Gasteiger partial charge is 0.266 e. The van der Waals surface area contributed by atoms with E-state index < -0.39 is 0 Å². The van der Waals surface area contributed by atoms with Gasteiger partial charge in [0.2, 0.25) is 0 Å². The second-order valence-electron chi connectivity index (χ2n) is 9.95. The largest absolute Gasteiger partial charge is 0.345 e. The van der Waals surface area contributed by atoms with Gasteiger partial charge in [-0.3, -0.25) is 9.59 Å². The highest BCUT2D eigenvalue weighted by Gasteiger charge is 2.50. The van der Waals surface area contributed by atoms with E-state index in [9.17, 15) is 9.59 Å². The second-order valence-corrected chi connectivity index (χ2v) is 9.95. The van der Waals surface area contributed by atoms with Crippen molar-refractivity contribution in [3.8, 4) is 0 Å². The number of benzene rings is 1. The molecule has 0 spiro atoms. The number of imidazole rings is 1. The van der Waals surface area contributed by atoms with Crippen LogP contribution >= 0.6 is 0 Å². The zero-order valence-electron chi connectivity index (χ0n) is 20.7. The zero-order chi connectivity index (χ0) is 24.9. The molecule has 2 bridgehead atoms. The Morgan fingerprint density at radius 2 is 2.09 bits per heavy atom. The highest BCUT2D eigenvalue weighted by atomic mass is 16.2. The molecule has 1 saturated carbocycles. The van der Waals surface area contributed by atoms with Gasteiger partial charge >= 0.3 is 0 Å². The van der Waals surface area contributed by atoms with E-state index in [1.165, 1.54) is 10.3 Å². The molecule has 1 aliphatic heterocycles. The van der Waals surface area contributed by atoms with E-state index in [1.807, 2.05) is 36.1 Å². The Balaban J connectivity index is 1.46. The predicted octanol–water partition coefficient (Wildman–Crippen LogP) is 4.50. The summed E-state index contributed by atoms with van der Waals surface area (Å²) < 4.78 is 1.36. The number of aromatic nitrogens is 4. The van der Waals surface area contributed by atoms with Crippen LogP contribution in [0.4, 0.5) is 0 Å². The minimum atomic E-state index is -0.133. The van der Waals surface area contributed by atoms with Crippen molar-refractivity contribution in [1.29, 1.82) is 0 Å². The number of nitrogens with zero attached hydrogens (tertiary/aromatic N) is 4. The summed E-state index contributed by atoms with van der Waals surface area (Å²) in [4.78, 5) is 34.8. The number of amides is 1. The van der Waals surface area contributed by atoms with Gasteiger partial charge in [0.05, 0.1) is 23.1 Å². The van der Waals surface area contributed by atoms with Crippen molar-refractivity contribution in [2.45, 2.75) is 39.7 Å². The lowest BCUT2D eigenvalue weighted by atomic mass is 9.57. The maximum atomic E-state index is 13.6. The average Bonchev–Trinajstić information content (AvgIpc) is 3.31. The van der Waals surface area contributed by atoms with Crippen LogP contribution in [0, 0.1) is 11.3 Å². The number of rotatable bonds is 3. The molecule has 3 heterocycles. The Morgan fingerprint density at radius 3 is 2.83 bits per heavy atom. The number of aryl methyl sites for hydroxylation is 1. The molecule has 1 saturated heterocycles. The fourth-order valence-electron chi connectivity index (χ4n) is 5.74.